The molecule has 0 aliphatic carbocycles. The van der Waals surface area contributed by atoms with Gasteiger partial charge in [0.15, 0.2) is 5.13 Å². The first kappa shape index (κ1) is 26.6. The zero-order valence-electron chi connectivity index (χ0n) is 18.6. The average Bonchev–Trinajstić information content (AvgIpc) is 2.81. The van der Waals surface area contributed by atoms with Gasteiger partial charge in [-0.1, -0.05) is 23.5 Å². The van der Waals surface area contributed by atoms with Crippen LogP contribution in [-0.2, 0) is 12.7 Å². The van der Waals surface area contributed by atoms with E-state index in [0.717, 1.165) is 11.3 Å². The highest BCUT2D eigenvalue weighted by molar-refractivity contribution is 7.22. The molecular formula is C21H17F6N5O4S. The predicted octanol–water partition coefficient (Wildman–Crippen LogP) is 4.31. The van der Waals surface area contributed by atoms with Crippen LogP contribution in [0.4, 0.5) is 37.2 Å². The zero-order chi connectivity index (χ0) is 27.0. The first-order valence-corrected chi connectivity index (χ1v) is 11.4. The lowest BCUT2D eigenvalue weighted by atomic mass is 10.1. The van der Waals surface area contributed by atoms with E-state index in [1.807, 2.05) is 5.01 Å². The minimum atomic E-state index is -4.86. The molecule has 3 aromatic rings. The maximum absolute atomic E-state index is 13.1. The van der Waals surface area contributed by atoms with Crippen LogP contribution in [0.25, 0.3) is 10.1 Å². The van der Waals surface area contributed by atoms with Gasteiger partial charge in [-0.05, 0) is 23.8 Å². The molecule has 0 radical (unpaired) electrons. The maximum atomic E-state index is 13.1. The second kappa shape index (κ2) is 10.1. The summed E-state index contributed by atoms with van der Waals surface area (Å²) in [6, 6.07) is 6.35. The van der Waals surface area contributed by atoms with Gasteiger partial charge in [0.25, 0.3) is 11.2 Å². The van der Waals surface area contributed by atoms with Crippen LogP contribution in [0.3, 0.4) is 0 Å². The molecule has 198 valence electrons. The number of anilines is 1. The van der Waals surface area contributed by atoms with Crippen LogP contribution < -0.4 is 20.6 Å². The third-order valence-electron chi connectivity index (χ3n) is 5.43. The Hall–Kier alpha value is -3.50. The second-order valence-corrected chi connectivity index (χ2v) is 8.91. The zero-order valence-corrected chi connectivity index (χ0v) is 19.4. The summed E-state index contributed by atoms with van der Waals surface area (Å²) >= 11 is 0.773. The van der Waals surface area contributed by atoms with Crippen LogP contribution in [0.15, 0.2) is 41.2 Å². The van der Waals surface area contributed by atoms with Crippen LogP contribution >= 0.6 is 11.3 Å². The minimum Gasteiger partial charge on any atom is -0.406 e. The van der Waals surface area contributed by atoms with E-state index in [9.17, 15) is 41.3 Å². The Morgan fingerprint density at radius 2 is 1.70 bits per heavy atom. The monoisotopic (exact) mass is 549 g/mol. The van der Waals surface area contributed by atoms with Crippen molar-refractivity contribution < 1.29 is 36.0 Å². The number of fused-ring (bicyclic) bond motifs is 1. The van der Waals surface area contributed by atoms with Gasteiger partial charge in [0, 0.05) is 38.8 Å². The first-order valence-electron chi connectivity index (χ1n) is 10.6. The third kappa shape index (κ3) is 6.44. The molecule has 9 nitrogen and oxygen atoms in total. The molecule has 1 aromatic heterocycles. The Balaban J connectivity index is 1.43. The smallest absolute Gasteiger partial charge is 0.406 e. The molecule has 1 aliphatic heterocycles. The Morgan fingerprint density at radius 3 is 2.27 bits per heavy atom. The minimum absolute atomic E-state index is 0.153. The summed E-state index contributed by atoms with van der Waals surface area (Å²) in [6.45, 7) is 1.90. The summed E-state index contributed by atoms with van der Waals surface area (Å²) in [5, 5.41) is 13.0. The van der Waals surface area contributed by atoms with Crippen molar-refractivity contribution in [2.45, 2.75) is 19.1 Å². The fourth-order valence-electron chi connectivity index (χ4n) is 3.64. The number of hydrazine groups is 1. The Morgan fingerprint density at radius 1 is 1.05 bits per heavy atom. The van der Waals surface area contributed by atoms with Crippen LogP contribution in [0, 0.1) is 10.1 Å². The topological polar surface area (TPSA) is 101 Å². The summed E-state index contributed by atoms with van der Waals surface area (Å²) in [4.78, 5) is 28.6. The predicted molar refractivity (Wildman–Crippen MR) is 121 cm³/mol. The number of aromatic nitrogens is 1. The highest BCUT2D eigenvalue weighted by atomic mass is 32.1. The molecular weight excluding hydrogens is 532 g/mol. The van der Waals surface area contributed by atoms with E-state index in [2.05, 4.69) is 15.1 Å². The van der Waals surface area contributed by atoms with Gasteiger partial charge in [0.1, 0.15) is 10.4 Å². The lowest BCUT2D eigenvalue weighted by molar-refractivity contribution is -0.383. The van der Waals surface area contributed by atoms with E-state index in [1.165, 1.54) is 24.3 Å². The molecule has 1 aliphatic rings. The number of ether oxygens (including phenoxy) is 1. The number of non-ortho nitro benzene ring substituents is 1. The van der Waals surface area contributed by atoms with Gasteiger partial charge in [0.2, 0.25) is 0 Å². The Kier molecular flexibility index (Phi) is 7.25. The molecule has 2 heterocycles. The van der Waals surface area contributed by atoms with Crippen molar-refractivity contribution >= 4 is 32.2 Å². The van der Waals surface area contributed by atoms with Gasteiger partial charge < -0.3 is 9.64 Å². The molecule has 1 fully saturated rings. The van der Waals surface area contributed by atoms with Gasteiger partial charge in [0.05, 0.1) is 15.9 Å². The van der Waals surface area contributed by atoms with Crippen molar-refractivity contribution in [1.82, 2.24) is 15.4 Å². The van der Waals surface area contributed by atoms with E-state index in [1.54, 1.807) is 4.90 Å². The molecule has 37 heavy (non-hydrogen) atoms. The fourth-order valence-corrected chi connectivity index (χ4v) is 4.76. The highest BCUT2D eigenvalue weighted by Gasteiger charge is 2.34. The molecule has 0 atom stereocenters. The van der Waals surface area contributed by atoms with E-state index in [0.29, 0.717) is 50.4 Å². The molecule has 1 N–H and O–H groups in total. The van der Waals surface area contributed by atoms with Crippen LogP contribution in [0.5, 0.6) is 5.75 Å². The van der Waals surface area contributed by atoms with Gasteiger partial charge in [-0.25, -0.2) is 5.01 Å². The van der Waals surface area contributed by atoms with E-state index in [4.69, 9.17) is 0 Å². The molecule has 0 amide bonds. The molecule has 0 saturated carbocycles. The number of piperazine rings is 1. The number of rotatable bonds is 6. The van der Waals surface area contributed by atoms with Crippen molar-refractivity contribution in [2.75, 3.05) is 31.1 Å². The number of nitrogens with zero attached hydrogens (tertiary/aromatic N) is 4. The highest BCUT2D eigenvalue weighted by Crippen LogP contribution is 2.38. The normalized spacial score (nSPS) is 15.2. The molecule has 16 heteroatoms. The first-order chi connectivity index (χ1) is 17.3. The number of hydrogen-bond acceptors (Lipinski definition) is 9. The number of alkyl halides is 6. The second-order valence-electron chi connectivity index (χ2n) is 7.93. The van der Waals surface area contributed by atoms with E-state index >= 15 is 0 Å². The molecule has 2 aromatic carbocycles. The standard InChI is InChI=1S/C21H17F6N5O4S/c22-20(23,24)13-9-15-17(16(10-13)32(34)35)37-19(29-18(15)33)30-5-7-31(8-6-30)28-11-12-1-3-14(4-2-12)36-21(25,26)27/h1-4,9-10,28H,5-8,11H2. The quantitative estimate of drug-likeness (QED) is 0.276. The van der Waals surface area contributed by atoms with Gasteiger partial charge in [-0.2, -0.15) is 18.2 Å². The SMILES string of the molecule is O=c1nc(N2CCN(NCc3ccc(OC(F)(F)F)cc3)CC2)sc2c([N+](=O)[O-])cc(C(F)(F)F)cc12. The molecule has 1 saturated heterocycles. The van der Waals surface area contributed by atoms with Crippen molar-refractivity contribution in [3.63, 3.8) is 0 Å². The Bertz CT molecular complexity index is 1360. The summed E-state index contributed by atoms with van der Waals surface area (Å²) in [7, 11) is 0. The number of nitrogens with one attached hydrogen (secondary N) is 1. The average molecular weight is 549 g/mol. The maximum Gasteiger partial charge on any atom is 0.573 e. The van der Waals surface area contributed by atoms with E-state index in [-0.39, 0.29) is 15.6 Å². The number of nitro benzene ring substituents is 1. The van der Waals surface area contributed by atoms with Crippen LogP contribution in [-0.4, -0.2) is 47.5 Å². The van der Waals surface area contributed by atoms with Crippen LogP contribution in [0.2, 0.25) is 0 Å². The number of nitro groups is 1. The molecule has 0 unspecified atom stereocenters. The van der Waals surface area contributed by atoms with E-state index < -0.39 is 39.7 Å². The van der Waals surface area contributed by atoms with Gasteiger partial charge in [-0.15, -0.1) is 13.2 Å². The number of hydrogen-bond donors (Lipinski definition) is 1. The van der Waals surface area contributed by atoms with Crippen molar-refractivity contribution in [1.29, 1.82) is 0 Å². The molecule has 0 bridgehead atoms. The number of benzene rings is 2. The van der Waals surface area contributed by atoms with Gasteiger partial charge >= 0.3 is 12.5 Å². The summed E-state index contributed by atoms with van der Waals surface area (Å²) in [6.07, 6.45) is -9.64. The lowest BCUT2D eigenvalue weighted by Gasteiger charge is -2.35. The summed E-state index contributed by atoms with van der Waals surface area (Å²) in [5.74, 6) is -0.332. The molecule has 0 spiro atoms. The van der Waals surface area contributed by atoms with Crippen LogP contribution in [0.1, 0.15) is 11.1 Å². The van der Waals surface area contributed by atoms with Gasteiger partial charge in [-0.3, -0.25) is 20.3 Å². The third-order valence-corrected chi connectivity index (χ3v) is 6.59. The van der Waals surface area contributed by atoms with Crippen molar-refractivity contribution in [3.05, 3.63) is 68.0 Å². The summed E-state index contributed by atoms with van der Waals surface area (Å²) in [5.41, 5.74) is 0.733. The Labute approximate surface area is 208 Å². The lowest BCUT2D eigenvalue weighted by Crippen LogP contribution is -2.52. The number of halogens is 6. The van der Waals surface area contributed by atoms with Crippen molar-refractivity contribution in [2.24, 2.45) is 0 Å². The molecule has 4 rings (SSSR count). The van der Waals surface area contributed by atoms with Crippen molar-refractivity contribution in [3.8, 4) is 5.75 Å². The summed E-state index contributed by atoms with van der Waals surface area (Å²) < 4.78 is 79.8. The largest absolute Gasteiger partial charge is 0.573 e. The fraction of sp³-hybridized carbons (Fsp3) is 0.333.